The van der Waals surface area contributed by atoms with E-state index in [1.165, 1.54) is 6.07 Å². The van der Waals surface area contributed by atoms with Gasteiger partial charge in [0.25, 0.3) is 11.3 Å². The van der Waals surface area contributed by atoms with Crippen molar-refractivity contribution in [3.05, 3.63) is 33.1 Å². The molecule has 1 aliphatic rings. The first kappa shape index (κ1) is 15.3. The van der Waals surface area contributed by atoms with E-state index in [1.54, 1.807) is 0 Å². The number of nitrogens with zero attached hydrogens (tertiary/aromatic N) is 2. The first-order chi connectivity index (χ1) is 9.86. The molecule has 0 aliphatic carbocycles. The van der Waals surface area contributed by atoms with Crippen LogP contribution < -0.4 is 11.2 Å². The molecule has 9 nitrogen and oxygen atoms in total. The zero-order valence-electron chi connectivity index (χ0n) is 10.6. The Kier molecular flexibility index (Phi) is 3.68. The number of H-pyrrole nitrogens is 1. The molecule has 0 aromatic carbocycles. The summed E-state index contributed by atoms with van der Waals surface area (Å²) in [6.45, 7) is -2.42. The highest BCUT2D eigenvalue weighted by atomic mass is 19.1. The van der Waals surface area contributed by atoms with Crippen LogP contribution in [0.5, 0.6) is 0 Å². The van der Waals surface area contributed by atoms with Crippen LogP contribution >= 0.6 is 0 Å². The van der Waals surface area contributed by atoms with Gasteiger partial charge in [-0.25, -0.2) is 9.18 Å². The van der Waals surface area contributed by atoms with Gasteiger partial charge in [-0.2, -0.15) is 5.26 Å². The number of hydrogen-bond acceptors (Lipinski definition) is 7. The lowest BCUT2D eigenvalue weighted by atomic mass is 9.95. The molecule has 10 heteroatoms. The Labute approximate surface area is 116 Å². The van der Waals surface area contributed by atoms with Gasteiger partial charge in [0, 0.05) is 12.3 Å². The minimum atomic E-state index is -2.48. The second kappa shape index (κ2) is 5.05. The van der Waals surface area contributed by atoms with E-state index in [4.69, 9.17) is 4.74 Å². The van der Waals surface area contributed by atoms with Gasteiger partial charge in [-0.1, -0.05) is 0 Å². The molecule has 0 amide bonds. The number of halogens is 1. The number of ether oxygens (including phenoxy) is 1. The Morgan fingerprint density at radius 1 is 1.48 bits per heavy atom. The second-order valence-corrected chi connectivity index (χ2v) is 4.64. The van der Waals surface area contributed by atoms with Gasteiger partial charge in [0.05, 0.1) is 6.61 Å². The van der Waals surface area contributed by atoms with Gasteiger partial charge >= 0.3 is 5.69 Å². The van der Waals surface area contributed by atoms with Crippen molar-refractivity contribution in [3.63, 3.8) is 0 Å². The molecule has 0 unspecified atom stereocenters. The molecule has 114 valence electrons. The number of aromatic nitrogens is 2. The lowest BCUT2D eigenvalue weighted by Gasteiger charge is -2.28. The number of aromatic amines is 1. The Morgan fingerprint density at radius 2 is 2.14 bits per heavy atom. The summed E-state index contributed by atoms with van der Waals surface area (Å²) < 4.78 is 18.7. The van der Waals surface area contributed by atoms with E-state index in [-0.39, 0.29) is 0 Å². The second-order valence-electron chi connectivity index (χ2n) is 4.64. The zero-order chi connectivity index (χ0) is 15.8. The smallest absolute Gasteiger partial charge is 0.331 e. The molecule has 4 N–H and O–H groups in total. The molecule has 21 heavy (non-hydrogen) atoms. The number of hydrogen-bond donors (Lipinski definition) is 4. The molecule has 1 aromatic rings. The standard InChI is InChI=1S/C11H12FN3O6/c12-3-10(5-16)7(18)8(19)11(4-13,21-10)15-2-1-6(17)14-9(15)20/h1-2,7-8,16,18-19H,3,5H2,(H,14,17,20)/t7-,8+,10+,11+/m0/s1. The van der Waals surface area contributed by atoms with Crippen LogP contribution in [0.25, 0.3) is 0 Å². The molecule has 0 saturated carbocycles. The largest absolute Gasteiger partial charge is 0.393 e. The number of rotatable bonds is 3. The molecule has 0 bridgehead atoms. The number of nitriles is 1. The quantitative estimate of drug-likeness (QED) is 0.470. The molecule has 1 aromatic heterocycles. The highest BCUT2D eigenvalue weighted by Crippen LogP contribution is 2.41. The van der Waals surface area contributed by atoms with Crippen molar-refractivity contribution < 1.29 is 24.4 Å². The van der Waals surface area contributed by atoms with Gasteiger partial charge in [-0.15, -0.1) is 0 Å². The monoisotopic (exact) mass is 301 g/mol. The average Bonchev–Trinajstić information content (AvgIpc) is 2.70. The molecule has 0 radical (unpaired) electrons. The first-order valence-corrected chi connectivity index (χ1v) is 5.84. The van der Waals surface area contributed by atoms with Crippen LogP contribution in [0.1, 0.15) is 0 Å². The minimum Gasteiger partial charge on any atom is -0.393 e. The minimum absolute atomic E-state index is 0.523. The van der Waals surface area contributed by atoms with Crippen LogP contribution in [0.3, 0.4) is 0 Å². The number of aliphatic hydroxyl groups excluding tert-OH is 3. The normalized spacial score (nSPS) is 35.6. The summed E-state index contributed by atoms with van der Waals surface area (Å²) in [5.74, 6) is 0. The summed E-state index contributed by atoms with van der Waals surface area (Å²) in [4.78, 5) is 24.6. The lowest BCUT2D eigenvalue weighted by molar-refractivity contribution is -0.168. The van der Waals surface area contributed by atoms with Gasteiger partial charge in [0.15, 0.2) is 5.60 Å². The van der Waals surface area contributed by atoms with Crippen molar-refractivity contribution in [1.29, 1.82) is 5.26 Å². The van der Waals surface area contributed by atoms with Crippen LogP contribution in [0, 0.1) is 11.3 Å². The number of aliphatic hydroxyl groups is 3. The van der Waals surface area contributed by atoms with E-state index in [9.17, 15) is 34.6 Å². The third-order valence-electron chi connectivity index (χ3n) is 3.43. The number of nitrogens with one attached hydrogen (secondary N) is 1. The third-order valence-corrected chi connectivity index (χ3v) is 3.43. The fourth-order valence-corrected chi connectivity index (χ4v) is 2.22. The van der Waals surface area contributed by atoms with E-state index in [1.807, 2.05) is 4.98 Å². The van der Waals surface area contributed by atoms with E-state index in [0.29, 0.717) is 4.57 Å². The van der Waals surface area contributed by atoms with E-state index < -0.39 is 48.1 Å². The molecular formula is C11H12FN3O6. The van der Waals surface area contributed by atoms with Crippen molar-refractivity contribution in [3.8, 4) is 6.07 Å². The van der Waals surface area contributed by atoms with E-state index >= 15 is 0 Å². The summed E-state index contributed by atoms with van der Waals surface area (Å²) in [6.07, 6.45) is -3.11. The lowest BCUT2D eigenvalue weighted by Crippen LogP contribution is -2.50. The maximum absolute atomic E-state index is 13.1. The van der Waals surface area contributed by atoms with E-state index in [0.717, 1.165) is 12.3 Å². The Morgan fingerprint density at radius 3 is 2.57 bits per heavy atom. The molecule has 0 spiro atoms. The van der Waals surface area contributed by atoms with Crippen molar-refractivity contribution >= 4 is 0 Å². The maximum atomic E-state index is 13.1. The van der Waals surface area contributed by atoms with Crippen LogP contribution in [-0.4, -0.2) is 56.0 Å². The van der Waals surface area contributed by atoms with Crippen LogP contribution in [0.4, 0.5) is 4.39 Å². The Hall–Kier alpha value is -2.06. The number of alkyl halides is 1. The van der Waals surface area contributed by atoms with Crippen molar-refractivity contribution in [1.82, 2.24) is 9.55 Å². The van der Waals surface area contributed by atoms with Crippen LogP contribution in [0.2, 0.25) is 0 Å². The molecule has 2 rings (SSSR count). The van der Waals surface area contributed by atoms with Crippen molar-refractivity contribution in [2.45, 2.75) is 23.5 Å². The fraction of sp³-hybridized carbons (Fsp3) is 0.545. The predicted octanol–water partition coefficient (Wildman–Crippen LogP) is -2.83. The predicted molar refractivity (Wildman–Crippen MR) is 63.8 cm³/mol. The fourth-order valence-electron chi connectivity index (χ4n) is 2.22. The summed E-state index contributed by atoms with van der Waals surface area (Å²) in [7, 11) is 0. The Balaban J connectivity index is 2.66. The molecular weight excluding hydrogens is 289 g/mol. The van der Waals surface area contributed by atoms with Crippen molar-refractivity contribution in [2.24, 2.45) is 0 Å². The summed E-state index contributed by atoms with van der Waals surface area (Å²) in [5, 5.41) is 38.4. The highest BCUT2D eigenvalue weighted by molar-refractivity contribution is 5.16. The Bertz CT molecular complexity index is 690. The maximum Gasteiger partial charge on any atom is 0.331 e. The SMILES string of the molecule is N#C[C@@]1(n2ccc(=O)[nH]c2=O)O[C@@](CO)(CF)[C@@H](O)[C@H]1O. The van der Waals surface area contributed by atoms with Gasteiger partial charge in [-0.05, 0) is 0 Å². The molecule has 1 fully saturated rings. The van der Waals surface area contributed by atoms with Gasteiger partial charge in [0.1, 0.15) is 25.0 Å². The molecule has 2 heterocycles. The van der Waals surface area contributed by atoms with Gasteiger partial charge in [0.2, 0.25) is 0 Å². The van der Waals surface area contributed by atoms with Gasteiger partial charge in [-0.3, -0.25) is 14.3 Å². The topological polar surface area (TPSA) is 149 Å². The first-order valence-electron chi connectivity index (χ1n) is 5.84. The molecule has 4 atom stereocenters. The van der Waals surface area contributed by atoms with E-state index in [2.05, 4.69) is 0 Å². The molecule has 1 saturated heterocycles. The third kappa shape index (κ3) is 1.98. The summed E-state index contributed by atoms with van der Waals surface area (Å²) in [6, 6.07) is 2.37. The molecule has 1 aliphatic heterocycles. The van der Waals surface area contributed by atoms with Crippen LogP contribution in [0.15, 0.2) is 21.9 Å². The van der Waals surface area contributed by atoms with Crippen LogP contribution in [-0.2, 0) is 10.5 Å². The van der Waals surface area contributed by atoms with Crippen molar-refractivity contribution in [2.75, 3.05) is 13.3 Å². The average molecular weight is 301 g/mol. The van der Waals surface area contributed by atoms with Gasteiger partial charge < -0.3 is 20.1 Å². The summed E-state index contributed by atoms with van der Waals surface area (Å²) in [5.41, 5.74) is -6.57. The summed E-state index contributed by atoms with van der Waals surface area (Å²) >= 11 is 0. The zero-order valence-corrected chi connectivity index (χ0v) is 10.6. The highest BCUT2D eigenvalue weighted by Gasteiger charge is 2.64.